The van der Waals surface area contributed by atoms with Gasteiger partial charge in [0, 0.05) is 29.6 Å². The zero-order valence-corrected chi connectivity index (χ0v) is 22.3. The minimum Gasteiger partial charge on any atom is -0.368 e. The molecule has 1 amide bonds. The highest BCUT2D eigenvalue weighted by Gasteiger charge is 2.27. The maximum absolute atomic E-state index is 13.2. The van der Waals surface area contributed by atoms with Crippen molar-refractivity contribution in [1.82, 2.24) is 19.1 Å². The Morgan fingerprint density at radius 3 is 2.47 bits per heavy atom. The van der Waals surface area contributed by atoms with Gasteiger partial charge in [-0.15, -0.1) is 10.2 Å². The lowest BCUT2D eigenvalue weighted by Gasteiger charge is -2.26. The molecule has 3 aromatic rings. The molecule has 1 saturated heterocycles. The number of halogens is 1. The highest BCUT2D eigenvalue weighted by Crippen LogP contribution is 2.30. The first kappa shape index (κ1) is 26.5. The molecule has 0 spiro atoms. The van der Waals surface area contributed by atoms with Crippen LogP contribution in [0.2, 0.25) is 5.02 Å². The molecule has 1 aliphatic heterocycles. The summed E-state index contributed by atoms with van der Waals surface area (Å²) in [4.78, 5) is 13.4. The van der Waals surface area contributed by atoms with E-state index in [0.717, 1.165) is 24.8 Å². The van der Waals surface area contributed by atoms with E-state index in [-0.39, 0.29) is 16.8 Å². The second-order valence-corrected chi connectivity index (χ2v) is 11.8. The molecule has 1 unspecified atom stereocenters. The first-order valence-electron chi connectivity index (χ1n) is 11.8. The van der Waals surface area contributed by atoms with Crippen molar-refractivity contribution in [3.63, 3.8) is 0 Å². The van der Waals surface area contributed by atoms with Crippen LogP contribution >= 0.6 is 23.4 Å². The zero-order valence-electron chi connectivity index (χ0n) is 19.9. The standard InChI is InChI=1S/C24H29ClN6O3S2/c1-2-21(31-23(26)28-29-24(31)35-16-17-8-4-5-9-20(17)25)22(32)27-18-10-12-19(13-11-18)36(33,34)30-14-6-3-7-15-30/h4-5,8-13,21H,2-3,6-7,14-16H2,1H3,(H2,26,28)(H,27,32). The van der Waals surface area contributed by atoms with E-state index in [0.29, 0.717) is 41.1 Å². The summed E-state index contributed by atoms with van der Waals surface area (Å²) in [6.45, 7) is 2.95. The molecule has 192 valence electrons. The summed E-state index contributed by atoms with van der Waals surface area (Å²) in [6, 6.07) is 13.1. The Bertz CT molecular complexity index is 1310. The number of hydrogen-bond donors (Lipinski definition) is 2. The fourth-order valence-corrected chi connectivity index (χ4v) is 6.91. The second kappa shape index (κ2) is 11.6. The van der Waals surface area contributed by atoms with Gasteiger partial charge in [-0.1, -0.05) is 54.9 Å². The lowest BCUT2D eigenvalue weighted by atomic mass is 10.2. The summed E-state index contributed by atoms with van der Waals surface area (Å²) in [7, 11) is -3.54. The quantitative estimate of drug-likeness (QED) is 0.375. The largest absolute Gasteiger partial charge is 0.368 e. The third-order valence-electron chi connectivity index (χ3n) is 6.08. The van der Waals surface area contributed by atoms with Crippen molar-refractivity contribution in [2.45, 2.75) is 54.5 Å². The van der Waals surface area contributed by atoms with Crippen LogP contribution < -0.4 is 11.1 Å². The van der Waals surface area contributed by atoms with E-state index in [4.69, 9.17) is 17.3 Å². The number of rotatable bonds is 9. The molecule has 1 fully saturated rings. The highest BCUT2D eigenvalue weighted by molar-refractivity contribution is 7.98. The molecule has 0 aliphatic carbocycles. The third-order valence-corrected chi connectivity index (χ3v) is 9.35. The minimum atomic E-state index is -3.54. The molecule has 36 heavy (non-hydrogen) atoms. The van der Waals surface area contributed by atoms with Gasteiger partial charge in [0.15, 0.2) is 5.16 Å². The summed E-state index contributed by atoms with van der Waals surface area (Å²) < 4.78 is 28.9. The summed E-state index contributed by atoms with van der Waals surface area (Å²) in [5.74, 6) is 0.389. The van der Waals surface area contributed by atoms with E-state index in [1.165, 1.54) is 28.2 Å². The average molecular weight is 549 g/mol. The Morgan fingerprint density at radius 1 is 1.11 bits per heavy atom. The fourth-order valence-electron chi connectivity index (χ4n) is 4.11. The Hall–Kier alpha value is -2.60. The summed E-state index contributed by atoms with van der Waals surface area (Å²) >= 11 is 7.66. The van der Waals surface area contributed by atoms with Crippen molar-refractivity contribution in [3.8, 4) is 0 Å². The number of nitrogen functional groups attached to an aromatic ring is 1. The van der Waals surface area contributed by atoms with Gasteiger partial charge in [-0.05, 0) is 55.2 Å². The Balaban J connectivity index is 1.46. The summed E-state index contributed by atoms with van der Waals surface area (Å²) in [6.07, 6.45) is 3.25. The first-order chi connectivity index (χ1) is 17.3. The van der Waals surface area contributed by atoms with Crippen LogP contribution in [0.4, 0.5) is 11.6 Å². The summed E-state index contributed by atoms with van der Waals surface area (Å²) in [5, 5.41) is 12.2. The number of sulfonamides is 1. The smallest absolute Gasteiger partial charge is 0.247 e. The number of carbonyl (C=O) groups excluding carboxylic acids is 1. The fraction of sp³-hybridized carbons (Fsp3) is 0.375. The van der Waals surface area contributed by atoms with Crippen molar-refractivity contribution in [1.29, 1.82) is 0 Å². The van der Waals surface area contributed by atoms with Gasteiger partial charge < -0.3 is 11.1 Å². The molecular formula is C24H29ClN6O3S2. The van der Waals surface area contributed by atoms with Gasteiger partial charge in [-0.25, -0.2) is 8.42 Å². The normalized spacial score (nSPS) is 15.5. The number of carbonyl (C=O) groups is 1. The molecule has 2 heterocycles. The first-order valence-corrected chi connectivity index (χ1v) is 14.6. The van der Waals surface area contributed by atoms with Gasteiger partial charge in [0.25, 0.3) is 0 Å². The van der Waals surface area contributed by atoms with Gasteiger partial charge in [-0.2, -0.15) is 4.31 Å². The number of thioether (sulfide) groups is 1. The van der Waals surface area contributed by atoms with Crippen LogP contribution in [0.15, 0.2) is 58.6 Å². The van der Waals surface area contributed by atoms with Crippen molar-refractivity contribution >= 4 is 50.9 Å². The zero-order chi connectivity index (χ0) is 25.7. The maximum Gasteiger partial charge on any atom is 0.247 e. The van der Waals surface area contributed by atoms with Gasteiger partial charge in [0.2, 0.25) is 21.9 Å². The molecule has 0 bridgehead atoms. The van der Waals surface area contributed by atoms with E-state index >= 15 is 0 Å². The van der Waals surface area contributed by atoms with E-state index < -0.39 is 16.1 Å². The molecule has 2 aromatic carbocycles. The van der Waals surface area contributed by atoms with Crippen LogP contribution in [-0.2, 0) is 20.6 Å². The Kier molecular flexibility index (Phi) is 8.55. The van der Waals surface area contributed by atoms with E-state index in [9.17, 15) is 13.2 Å². The van der Waals surface area contributed by atoms with Crippen LogP contribution in [-0.4, -0.2) is 46.5 Å². The average Bonchev–Trinajstić information content (AvgIpc) is 3.25. The minimum absolute atomic E-state index is 0.140. The van der Waals surface area contributed by atoms with Crippen LogP contribution in [0.25, 0.3) is 0 Å². The number of benzene rings is 2. The van der Waals surface area contributed by atoms with Gasteiger partial charge >= 0.3 is 0 Å². The van der Waals surface area contributed by atoms with Gasteiger partial charge in [0.05, 0.1) is 4.90 Å². The number of amides is 1. The number of nitrogens with one attached hydrogen (secondary N) is 1. The van der Waals surface area contributed by atoms with E-state index in [1.54, 1.807) is 16.7 Å². The number of piperidine rings is 1. The van der Waals surface area contributed by atoms with Gasteiger partial charge in [-0.3, -0.25) is 9.36 Å². The monoisotopic (exact) mass is 548 g/mol. The number of aromatic nitrogens is 3. The number of nitrogens with two attached hydrogens (primary N) is 1. The molecule has 1 aliphatic rings. The summed E-state index contributed by atoms with van der Waals surface area (Å²) in [5.41, 5.74) is 7.52. The van der Waals surface area contributed by atoms with E-state index in [2.05, 4.69) is 15.5 Å². The molecule has 12 heteroatoms. The van der Waals surface area contributed by atoms with Crippen LogP contribution in [0, 0.1) is 0 Å². The van der Waals surface area contributed by atoms with Crippen molar-refractivity contribution in [3.05, 3.63) is 59.1 Å². The van der Waals surface area contributed by atoms with Gasteiger partial charge in [0.1, 0.15) is 6.04 Å². The SMILES string of the molecule is CCC(C(=O)Nc1ccc(S(=O)(=O)N2CCCCC2)cc1)n1c(N)nnc1SCc1ccccc1Cl. The lowest BCUT2D eigenvalue weighted by Crippen LogP contribution is -2.35. The van der Waals surface area contributed by atoms with Crippen molar-refractivity contribution < 1.29 is 13.2 Å². The number of nitrogens with zero attached hydrogens (tertiary/aromatic N) is 4. The maximum atomic E-state index is 13.2. The number of hydrogen-bond acceptors (Lipinski definition) is 7. The topological polar surface area (TPSA) is 123 Å². The van der Waals surface area contributed by atoms with Crippen molar-refractivity contribution in [2.24, 2.45) is 0 Å². The van der Waals surface area contributed by atoms with Crippen LogP contribution in [0.3, 0.4) is 0 Å². The lowest BCUT2D eigenvalue weighted by molar-refractivity contribution is -0.119. The predicted molar refractivity (Wildman–Crippen MR) is 142 cm³/mol. The van der Waals surface area contributed by atoms with Crippen LogP contribution in [0.5, 0.6) is 0 Å². The van der Waals surface area contributed by atoms with E-state index in [1.807, 2.05) is 31.2 Å². The molecule has 0 radical (unpaired) electrons. The number of anilines is 2. The Morgan fingerprint density at radius 2 is 1.81 bits per heavy atom. The molecule has 0 saturated carbocycles. The third kappa shape index (κ3) is 5.86. The molecule has 1 aromatic heterocycles. The second-order valence-electron chi connectivity index (χ2n) is 8.49. The highest BCUT2D eigenvalue weighted by atomic mass is 35.5. The molecule has 4 rings (SSSR count). The molecule has 3 N–H and O–H groups in total. The Labute approximate surface area is 220 Å². The van der Waals surface area contributed by atoms with Crippen molar-refractivity contribution in [2.75, 3.05) is 24.1 Å². The van der Waals surface area contributed by atoms with Crippen LogP contribution in [0.1, 0.15) is 44.2 Å². The molecule has 1 atom stereocenters. The predicted octanol–water partition coefficient (Wildman–Crippen LogP) is 4.57. The molecule has 9 nitrogen and oxygen atoms in total. The molecular weight excluding hydrogens is 520 g/mol.